The molecule has 0 aliphatic heterocycles. The van der Waals surface area contributed by atoms with Gasteiger partial charge in [-0.1, -0.05) is 29.8 Å². The van der Waals surface area contributed by atoms with Crippen LogP contribution in [0.3, 0.4) is 0 Å². The zero-order chi connectivity index (χ0) is 12.3. The Labute approximate surface area is 106 Å². The fourth-order valence-electron chi connectivity index (χ4n) is 1.23. The van der Waals surface area contributed by atoms with Crippen LogP contribution in [0.4, 0.5) is 0 Å². The van der Waals surface area contributed by atoms with Crippen LogP contribution in [-0.2, 0) is 11.4 Å². The van der Waals surface area contributed by atoms with Crippen LogP contribution in [0.2, 0.25) is 5.02 Å². The van der Waals surface area contributed by atoms with Crippen molar-refractivity contribution in [3.63, 3.8) is 0 Å². The smallest absolute Gasteiger partial charge is 0.136 e. The third-order valence-corrected chi connectivity index (χ3v) is 4.24. The van der Waals surface area contributed by atoms with Crippen molar-refractivity contribution >= 4 is 23.0 Å². The molecule has 1 rings (SSSR count). The van der Waals surface area contributed by atoms with E-state index in [1.807, 2.05) is 52.0 Å². The maximum atomic E-state index is 11.9. The molecule has 0 amide bonds. The average molecular weight is 260 g/mol. The van der Waals surface area contributed by atoms with Gasteiger partial charge in [-0.15, -0.1) is 4.72 Å². The van der Waals surface area contributed by atoms with E-state index in [9.17, 15) is 4.55 Å². The molecule has 0 saturated carbocycles. The van der Waals surface area contributed by atoms with Crippen molar-refractivity contribution in [1.29, 1.82) is 0 Å². The number of rotatable bonds is 3. The Kier molecular flexibility index (Phi) is 4.68. The second-order valence-electron chi connectivity index (χ2n) is 4.74. The van der Waals surface area contributed by atoms with Crippen LogP contribution in [0.1, 0.15) is 39.3 Å². The molecule has 1 aromatic rings. The van der Waals surface area contributed by atoms with Crippen molar-refractivity contribution in [2.24, 2.45) is 0 Å². The molecule has 16 heavy (non-hydrogen) atoms. The van der Waals surface area contributed by atoms with Crippen LogP contribution in [-0.4, -0.2) is 9.30 Å². The minimum atomic E-state index is -1.08. The first-order chi connectivity index (χ1) is 7.32. The molecule has 0 radical (unpaired) electrons. The summed E-state index contributed by atoms with van der Waals surface area (Å²) >= 11 is 4.99. The van der Waals surface area contributed by atoms with Gasteiger partial charge in [0, 0.05) is 16.4 Å². The summed E-state index contributed by atoms with van der Waals surface area (Å²) < 4.78 is 14.7. The van der Waals surface area contributed by atoms with E-state index in [2.05, 4.69) is 4.72 Å². The minimum Gasteiger partial charge on any atom is -0.598 e. The van der Waals surface area contributed by atoms with Crippen molar-refractivity contribution in [1.82, 2.24) is 4.72 Å². The molecule has 2 nitrogen and oxygen atoms in total. The number of nitrogens with one attached hydrogen (secondary N) is 1. The predicted molar refractivity (Wildman–Crippen MR) is 70.9 cm³/mol. The van der Waals surface area contributed by atoms with Gasteiger partial charge < -0.3 is 4.55 Å². The van der Waals surface area contributed by atoms with Gasteiger partial charge in [-0.25, -0.2) is 0 Å². The highest BCUT2D eigenvalue weighted by Gasteiger charge is 2.28. The molecular weight excluding hydrogens is 242 g/mol. The summed E-state index contributed by atoms with van der Waals surface area (Å²) in [7, 11) is 0. The minimum absolute atomic E-state index is 0.0197. The van der Waals surface area contributed by atoms with Gasteiger partial charge >= 0.3 is 0 Å². The Morgan fingerprint density at radius 3 is 2.38 bits per heavy atom. The topological polar surface area (TPSA) is 35.1 Å². The predicted octanol–water partition coefficient (Wildman–Crippen LogP) is 3.45. The molecule has 0 bridgehead atoms. The van der Waals surface area contributed by atoms with E-state index < -0.39 is 11.4 Å². The van der Waals surface area contributed by atoms with Crippen LogP contribution in [0.5, 0.6) is 0 Å². The summed E-state index contributed by atoms with van der Waals surface area (Å²) in [5.74, 6) is 0. The SMILES string of the molecule is C[C@@H](N[S@@+]([O-])C(C)(C)C)c1ccccc1Cl. The van der Waals surface area contributed by atoms with E-state index >= 15 is 0 Å². The van der Waals surface area contributed by atoms with E-state index in [1.165, 1.54) is 0 Å². The van der Waals surface area contributed by atoms with E-state index in [4.69, 9.17) is 11.6 Å². The lowest BCUT2D eigenvalue weighted by atomic mass is 10.1. The Hall–Kier alpha value is -0.220. The molecule has 4 heteroatoms. The van der Waals surface area contributed by atoms with Crippen LogP contribution in [0, 0.1) is 0 Å². The third kappa shape index (κ3) is 3.67. The molecule has 0 aliphatic rings. The first-order valence-corrected chi connectivity index (χ1v) is 6.77. The fourth-order valence-corrected chi connectivity index (χ4v) is 2.33. The molecule has 0 aliphatic carbocycles. The zero-order valence-electron chi connectivity index (χ0n) is 10.1. The van der Waals surface area contributed by atoms with E-state index in [-0.39, 0.29) is 10.8 Å². The summed E-state index contributed by atoms with van der Waals surface area (Å²) in [6.07, 6.45) is 0. The number of hydrogen-bond donors (Lipinski definition) is 1. The quantitative estimate of drug-likeness (QED) is 0.844. The molecule has 2 atom stereocenters. The molecule has 1 N–H and O–H groups in total. The first-order valence-electron chi connectivity index (χ1n) is 5.25. The van der Waals surface area contributed by atoms with Crippen molar-refractivity contribution in [2.75, 3.05) is 0 Å². The highest BCUT2D eigenvalue weighted by Crippen LogP contribution is 2.24. The average Bonchev–Trinajstić information content (AvgIpc) is 2.16. The maximum Gasteiger partial charge on any atom is 0.136 e. The van der Waals surface area contributed by atoms with Gasteiger partial charge in [-0.05, 0) is 39.3 Å². The highest BCUT2D eigenvalue weighted by atomic mass is 35.5. The van der Waals surface area contributed by atoms with Gasteiger partial charge in [0.1, 0.15) is 4.75 Å². The largest absolute Gasteiger partial charge is 0.598 e. The van der Waals surface area contributed by atoms with Gasteiger partial charge in [0.25, 0.3) is 0 Å². The van der Waals surface area contributed by atoms with E-state index in [0.29, 0.717) is 5.02 Å². The van der Waals surface area contributed by atoms with E-state index in [0.717, 1.165) is 5.56 Å². The molecule has 0 heterocycles. The van der Waals surface area contributed by atoms with Crippen LogP contribution >= 0.6 is 11.6 Å². The molecule has 0 fully saturated rings. The summed E-state index contributed by atoms with van der Waals surface area (Å²) in [5, 5.41) is 0.702. The van der Waals surface area contributed by atoms with Crippen molar-refractivity contribution in [3.05, 3.63) is 34.9 Å². The highest BCUT2D eigenvalue weighted by molar-refractivity contribution is 7.90. The second-order valence-corrected chi connectivity index (χ2v) is 7.15. The Bertz CT molecular complexity index is 351. The lowest BCUT2D eigenvalue weighted by molar-refractivity contribution is 0.531. The van der Waals surface area contributed by atoms with Gasteiger partial charge in [-0.3, -0.25) is 0 Å². The van der Waals surface area contributed by atoms with Crippen LogP contribution in [0.15, 0.2) is 24.3 Å². The van der Waals surface area contributed by atoms with Crippen LogP contribution in [0.25, 0.3) is 0 Å². The summed E-state index contributed by atoms with van der Waals surface area (Å²) in [6.45, 7) is 7.78. The summed E-state index contributed by atoms with van der Waals surface area (Å²) in [5.41, 5.74) is 0.974. The molecule has 0 saturated heterocycles. The Balaban J connectivity index is 2.73. The van der Waals surface area contributed by atoms with Crippen molar-refractivity contribution in [3.8, 4) is 0 Å². The lowest BCUT2D eigenvalue weighted by Crippen LogP contribution is -2.40. The monoisotopic (exact) mass is 259 g/mol. The van der Waals surface area contributed by atoms with Crippen molar-refractivity contribution in [2.45, 2.75) is 38.5 Å². The number of benzene rings is 1. The van der Waals surface area contributed by atoms with E-state index in [1.54, 1.807) is 0 Å². The second kappa shape index (κ2) is 5.41. The van der Waals surface area contributed by atoms with Gasteiger partial charge in [0.15, 0.2) is 0 Å². The zero-order valence-corrected chi connectivity index (χ0v) is 11.7. The molecule has 0 aromatic heterocycles. The molecule has 1 aromatic carbocycles. The third-order valence-electron chi connectivity index (χ3n) is 2.21. The summed E-state index contributed by atoms with van der Waals surface area (Å²) in [4.78, 5) is 0. The first kappa shape index (κ1) is 13.8. The Morgan fingerprint density at radius 1 is 1.31 bits per heavy atom. The van der Waals surface area contributed by atoms with Crippen LogP contribution < -0.4 is 4.72 Å². The maximum absolute atomic E-state index is 11.9. The van der Waals surface area contributed by atoms with Crippen molar-refractivity contribution < 1.29 is 4.55 Å². The van der Waals surface area contributed by atoms with Gasteiger partial charge in [0.2, 0.25) is 0 Å². The number of halogens is 1. The number of hydrogen-bond acceptors (Lipinski definition) is 2. The summed E-state index contributed by atoms with van der Waals surface area (Å²) in [6, 6.07) is 7.59. The molecule has 90 valence electrons. The molecule has 0 spiro atoms. The molecular formula is C12H18ClNOS. The normalized spacial score (nSPS) is 15.9. The molecule has 0 unspecified atom stereocenters. The fraction of sp³-hybridized carbons (Fsp3) is 0.500. The Morgan fingerprint density at radius 2 is 1.88 bits per heavy atom. The van der Waals surface area contributed by atoms with Gasteiger partial charge in [0.05, 0.1) is 6.04 Å². The standard InChI is InChI=1S/C12H18ClNOS/c1-9(14-16(15)12(2,3)4)10-7-5-6-8-11(10)13/h5-9,14H,1-4H3/t9-,16+/m1/s1. The van der Waals surface area contributed by atoms with Gasteiger partial charge in [-0.2, -0.15) is 0 Å². The lowest BCUT2D eigenvalue weighted by Gasteiger charge is -2.26.